The lowest BCUT2D eigenvalue weighted by Gasteiger charge is -2.27. The van der Waals surface area contributed by atoms with E-state index in [-0.39, 0.29) is 0 Å². The minimum absolute atomic E-state index is 0.427. The maximum absolute atomic E-state index is 12.7. The number of aromatic nitrogens is 1. The van der Waals surface area contributed by atoms with Crippen LogP contribution in [0.1, 0.15) is 19.3 Å². The third-order valence-corrected chi connectivity index (χ3v) is 2.34. The Labute approximate surface area is 76.2 Å². The van der Waals surface area contributed by atoms with E-state index in [0.717, 1.165) is 12.8 Å². The first-order chi connectivity index (χ1) is 6.25. The Morgan fingerprint density at radius 1 is 1.46 bits per heavy atom. The van der Waals surface area contributed by atoms with E-state index in [1.54, 1.807) is 0 Å². The van der Waals surface area contributed by atoms with Crippen LogP contribution in [0.2, 0.25) is 0 Å². The van der Waals surface area contributed by atoms with Gasteiger partial charge in [0.25, 0.3) is 0 Å². The molecule has 1 heterocycles. The zero-order chi connectivity index (χ0) is 9.26. The summed E-state index contributed by atoms with van der Waals surface area (Å²) < 4.78 is 12.7. The van der Waals surface area contributed by atoms with E-state index in [1.165, 1.54) is 18.6 Å². The van der Waals surface area contributed by atoms with Gasteiger partial charge in [0.1, 0.15) is 0 Å². The Balaban J connectivity index is 2.13. The van der Waals surface area contributed by atoms with Crippen LogP contribution in [0.15, 0.2) is 12.1 Å². The van der Waals surface area contributed by atoms with Crippen LogP contribution >= 0.6 is 0 Å². The predicted molar refractivity (Wildman–Crippen MR) is 49.9 cm³/mol. The van der Waals surface area contributed by atoms with Crippen molar-refractivity contribution in [2.75, 3.05) is 11.1 Å². The topological polar surface area (TPSA) is 50.9 Å². The van der Waals surface area contributed by atoms with E-state index < -0.39 is 5.95 Å². The van der Waals surface area contributed by atoms with Gasteiger partial charge in [0.2, 0.25) is 5.95 Å². The first-order valence-corrected chi connectivity index (χ1v) is 4.44. The van der Waals surface area contributed by atoms with Gasteiger partial charge in [-0.1, -0.05) is 0 Å². The average Bonchev–Trinajstić information content (AvgIpc) is 2.03. The van der Waals surface area contributed by atoms with Crippen LogP contribution < -0.4 is 11.1 Å². The number of hydrogen-bond donors (Lipinski definition) is 2. The molecule has 3 N–H and O–H groups in total. The molecule has 0 aliphatic heterocycles. The Bertz CT molecular complexity index is 310. The number of rotatable bonds is 2. The summed E-state index contributed by atoms with van der Waals surface area (Å²) in [6, 6.07) is 3.22. The molecule has 1 aliphatic carbocycles. The van der Waals surface area contributed by atoms with Crippen LogP contribution in [-0.4, -0.2) is 11.0 Å². The number of nitrogens with zero attached hydrogens (tertiary/aromatic N) is 1. The van der Waals surface area contributed by atoms with Gasteiger partial charge in [0, 0.05) is 6.04 Å². The molecule has 0 saturated heterocycles. The highest BCUT2D eigenvalue weighted by molar-refractivity contribution is 5.61. The van der Waals surface area contributed by atoms with Crippen LogP contribution in [0, 0.1) is 5.95 Å². The van der Waals surface area contributed by atoms with Crippen LogP contribution in [0.3, 0.4) is 0 Å². The zero-order valence-electron chi connectivity index (χ0n) is 7.26. The maximum atomic E-state index is 12.7. The molecule has 0 radical (unpaired) electrons. The van der Waals surface area contributed by atoms with Crippen molar-refractivity contribution in [3.05, 3.63) is 18.1 Å². The Kier molecular flexibility index (Phi) is 2.04. The van der Waals surface area contributed by atoms with Gasteiger partial charge >= 0.3 is 0 Å². The van der Waals surface area contributed by atoms with E-state index in [2.05, 4.69) is 10.3 Å². The lowest BCUT2D eigenvalue weighted by Crippen LogP contribution is -2.28. The monoisotopic (exact) mass is 181 g/mol. The molecule has 1 fully saturated rings. The highest BCUT2D eigenvalue weighted by Gasteiger charge is 2.18. The van der Waals surface area contributed by atoms with Crippen LogP contribution in [0.4, 0.5) is 15.9 Å². The molecule has 0 spiro atoms. The molecular formula is C9H12FN3. The summed E-state index contributed by atoms with van der Waals surface area (Å²) in [6.07, 6.45) is 3.47. The second kappa shape index (κ2) is 3.20. The number of anilines is 2. The minimum atomic E-state index is -0.490. The number of pyridine rings is 1. The third kappa shape index (κ3) is 1.71. The molecule has 1 aliphatic rings. The number of nitrogens with one attached hydrogen (secondary N) is 1. The standard InChI is InChI=1S/C9H12FN3/c10-8-5-4-7(11)9(13-8)12-6-2-1-3-6/h4-6H,1-3,11H2,(H,12,13). The second-order valence-electron chi connectivity index (χ2n) is 3.34. The largest absolute Gasteiger partial charge is 0.396 e. The Hall–Kier alpha value is -1.32. The normalized spacial score (nSPS) is 16.7. The molecule has 0 amide bonds. The third-order valence-electron chi connectivity index (χ3n) is 2.34. The van der Waals surface area contributed by atoms with Crippen LogP contribution in [0.5, 0.6) is 0 Å². The molecule has 0 unspecified atom stereocenters. The van der Waals surface area contributed by atoms with Crippen molar-refractivity contribution in [2.24, 2.45) is 0 Å². The summed E-state index contributed by atoms with van der Waals surface area (Å²) in [5.74, 6) is -0.0132. The number of hydrogen-bond acceptors (Lipinski definition) is 3. The molecule has 70 valence electrons. The van der Waals surface area contributed by atoms with Crippen molar-refractivity contribution in [1.82, 2.24) is 4.98 Å². The Morgan fingerprint density at radius 2 is 2.23 bits per heavy atom. The van der Waals surface area contributed by atoms with E-state index in [4.69, 9.17) is 5.73 Å². The van der Waals surface area contributed by atoms with Gasteiger partial charge in [-0.25, -0.2) is 4.98 Å². The first kappa shape index (κ1) is 8.29. The molecule has 3 nitrogen and oxygen atoms in total. The first-order valence-electron chi connectivity index (χ1n) is 4.44. The summed E-state index contributed by atoms with van der Waals surface area (Å²) in [5, 5.41) is 3.11. The molecule has 1 aromatic rings. The Morgan fingerprint density at radius 3 is 2.85 bits per heavy atom. The van der Waals surface area contributed by atoms with Crippen molar-refractivity contribution in [3.63, 3.8) is 0 Å². The van der Waals surface area contributed by atoms with Crippen LogP contribution in [-0.2, 0) is 0 Å². The van der Waals surface area contributed by atoms with Gasteiger partial charge in [-0.05, 0) is 31.4 Å². The fourth-order valence-corrected chi connectivity index (χ4v) is 1.31. The van der Waals surface area contributed by atoms with Crippen molar-refractivity contribution in [1.29, 1.82) is 0 Å². The lowest BCUT2D eigenvalue weighted by molar-refractivity contribution is 0.443. The van der Waals surface area contributed by atoms with Gasteiger partial charge < -0.3 is 11.1 Å². The molecule has 0 bridgehead atoms. The molecule has 4 heteroatoms. The summed E-state index contributed by atoms with van der Waals surface area (Å²) >= 11 is 0. The van der Waals surface area contributed by atoms with Gasteiger partial charge in [-0.15, -0.1) is 0 Å². The molecule has 1 aromatic heterocycles. The molecule has 1 saturated carbocycles. The summed E-state index contributed by atoms with van der Waals surface area (Å²) in [4.78, 5) is 3.69. The van der Waals surface area contributed by atoms with E-state index in [0.29, 0.717) is 17.5 Å². The van der Waals surface area contributed by atoms with Gasteiger partial charge in [0.15, 0.2) is 5.82 Å². The van der Waals surface area contributed by atoms with Crippen molar-refractivity contribution < 1.29 is 4.39 Å². The average molecular weight is 181 g/mol. The number of halogens is 1. The summed E-state index contributed by atoms with van der Waals surface area (Å²) in [5.41, 5.74) is 6.13. The molecule has 0 aromatic carbocycles. The summed E-state index contributed by atoms with van der Waals surface area (Å²) in [6.45, 7) is 0. The van der Waals surface area contributed by atoms with Gasteiger partial charge in [0.05, 0.1) is 5.69 Å². The van der Waals surface area contributed by atoms with Gasteiger partial charge in [-0.2, -0.15) is 4.39 Å². The molecule has 13 heavy (non-hydrogen) atoms. The summed E-state index contributed by atoms with van der Waals surface area (Å²) in [7, 11) is 0. The minimum Gasteiger partial charge on any atom is -0.396 e. The highest BCUT2D eigenvalue weighted by atomic mass is 19.1. The lowest BCUT2D eigenvalue weighted by atomic mass is 9.93. The van der Waals surface area contributed by atoms with Crippen LogP contribution in [0.25, 0.3) is 0 Å². The predicted octanol–water partition coefficient (Wildman–Crippen LogP) is 1.77. The van der Waals surface area contributed by atoms with Gasteiger partial charge in [-0.3, -0.25) is 0 Å². The number of nitrogen functional groups attached to an aromatic ring is 1. The second-order valence-corrected chi connectivity index (χ2v) is 3.34. The van der Waals surface area contributed by atoms with E-state index in [9.17, 15) is 4.39 Å². The SMILES string of the molecule is Nc1ccc(F)nc1NC1CCC1. The molecule has 2 rings (SSSR count). The zero-order valence-corrected chi connectivity index (χ0v) is 7.26. The van der Waals surface area contributed by atoms with E-state index in [1.807, 2.05) is 0 Å². The molecule has 0 atom stereocenters. The fraction of sp³-hybridized carbons (Fsp3) is 0.444. The number of nitrogens with two attached hydrogens (primary N) is 1. The van der Waals surface area contributed by atoms with E-state index >= 15 is 0 Å². The quantitative estimate of drug-likeness (QED) is 0.683. The van der Waals surface area contributed by atoms with Crippen molar-refractivity contribution in [3.8, 4) is 0 Å². The highest BCUT2D eigenvalue weighted by Crippen LogP contribution is 2.25. The fourth-order valence-electron chi connectivity index (χ4n) is 1.31. The molecular weight excluding hydrogens is 169 g/mol. The van der Waals surface area contributed by atoms with Crippen molar-refractivity contribution in [2.45, 2.75) is 25.3 Å². The smallest absolute Gasteiger partial charge is 0.214 e. The van der Waals surface area contributed by atoms with Crippen molar-refractivity contribution >= 4 is 11.5 Å². The maximum Gasteiger partial charge on any atom is 0.214 e.